The SMILES string of the molecule is O=CN1CCN(c2nc(N3CCCC3)c3ccccc3n2)CC1. The summed E-state index contributed by atoms with van der Waals surface area (Å²) in [5.41, 5.74) is 0.997. The minimum absolute atomic E-state index is 0.735. The molecule has 4 rings (SSSR count). The van der Waals surface area contributed by atoms with Gasteiger partial charge in [0.15, 0.2) is 0 Å². The van der Waals surface area contributed by atoms with Crippen molar-refractivity contribution in [1.29, 1.82) is 0 Å². The Balaban J connectivity index is 1.71. The van der Waals surface area contributed by atoms with Crippen molar-refractivity contribution in [2.45, 2.75) is 12.8 Å². The van der Waals surface area contributed by atoms with E-state index in [0.717, 1.165) is 68.3 Å². The van der Waals surface area contributed by atoms with Crippen LogP contribution in [-0.2, 0) is 4.79 Å². The van der Waals surface area contributed by atoms with Gasteiger partial charge in [-0.15, -0.1) is 0 Å². The largest absolute Gasteiger partial charge is 0.356 e. The van der Waals surface area contributed by atoms with Crippen molar-refractivity contribution in [2.75, 3.05) is 49.1 Å². The second-order valence-corrected chi connectivity index (χ2v) is 6.19. The summed E-state index contributed by atoms with van der Waals surface area (Å²) in [5.74, 6) is 1.84. The molecule has 0 saturated carbocycles. The molecule has 120 valence electrons. The normalized spacial score (nSPS) is 18.7. The molecule has 6 heteroatoms. The van der Waals surface area contributed by atoms with Crippen molar-refractivity contribution in [2.24, 2.45) is 0 Å². The van der Waals surface area contributed by atoms with Crippen molar-refractivity contribution in [1.82, 2.24) is 14.9 Å². The van der Waals surface area contributed by atoms with Crippen LogP contribution < -0.4 is 9.80 Å². The van der Waals surface area contributed by atoms with Crippen LogP contribution in [0.15, 0.2) is 24.3 Å². The molecule has 0 spiro atoms. The van der Waals surface area contributed by atoms with E-state index in [1.165, 1.54) is 12.8 Å². The second-order valence-electron chi connectivity index (χ2n) is 6.19. The van der Waals surface area contributed by atoms with E-state index in [-0.39, 0.29) is 0 Å². The minimum atomic E-state index is 0.735. The summed E-state index contributed by atoms with van der Waals surface area (Å²) in [7, 11) is 0. The summed E-state index contributed by atoms with van der Waals surface area (Å²) in [5, 5.41) is 1.13. The minimum Gasteiger partial charge on any atom is -0.356 e. The second kappa shape index (κ2) is 6.02. The number of anilines is 2. The number of carbonyl (C=O) groups is 1. The Morgan fingerprint density at radius 3 is 2.35 bits per heavy atom. The Labute approximate surface area is 135 Å². The van der Waals surface area contributed by atoms with Gasteiger partial charge in [0, 0.05) is 44.7 Å². The fourth-order valence-electron chi connectivity index (χ4n) is 3.39. The molecule has 2 aliphatic rings. The highest BCUT2D eigenvalue weighted by Gasteiger charge is 2.22. The van der Waals surface area contributed by atoms with Crippen LogP contribution in [-0.4, -0.2) is 60.5 Å². The van der Waals surface area contributed by atoms with Gasteiger partial charge in [0.2, 0.25) is 12.4 Å². The van der Waals surface area contributed by atoms with Gasteiger partial charge in [-0.05, 0) is 25.0 Å². The molecular formula is C17H21N5O. The lowest BCUT2D eigenvalue weighted by Crippen LogP contribution is -2.46. The van der Waals surface area contributed by atoms with E-state index in [4.69, 9.17) is 9.97 Å². The Morgan fingerprint density at radius 1 is 0.870 bits per heavy atom. The Morgan fingerprint density at radius 2 is 1.61 bits per heavy atom. The lowest BCUT2D eigenvalue weighted by atomic mass is 10.2. The topological polar surface area (TPSA) is 52.6 Å². The van der Waals surface area contributed by atoms with Gasteiger partial charge >= 0.3 is 0 Å². The quantitative estimate of drug-likeness (QED) is 0.804. The van der Waals surface area contributed by atoms with Crippen molar-refractivity contribution >= 4 is 29.1 Å². The molecule has 0 aliphatic carbocycles. The molecule has 0 N–H and O–H groups in total. The lowest BCUT2D eigenvalue weighted by Gasteiger charge is -2.33. The monoisotopic (exact) mass is 311 g/mol. The molecule has 0 bridgehead atoms. The van der Waals surface area contributed by atoms with Crippen molar-refractivity contribution in [3.63, 3.8) is 0 Å². The fraction of sp³-hybridized carbons (Fsp3) is 0.471. The van der Waals surface area contributed by atoms with Crippen LogP contribution in [0, 0.1) is 0 Å². The number of amides is 1. The zero-order valence-electron chi connectivity index (χ0n) is 13.2. The van der Waals surface area contributed by atoms with Crippen molar-refractivity contribution in [3.05, 3.63) is 24.3 Å². The van der Waals surface area contributed by atoms with Gasteiger partial charge in [0.25, 0.3) is 0 Å². The molecular weight excluding hydrogens is 290 g/mol. The van der Waals surface area contributed by atoms with Crippen LogP contribution in [0.25, 0.3) is 10.9 Å². The molecule has 2 fully saturated rings. The number of nitrogens with zero attached hydrogens (tertiary/aromatic N) is 5. The molecule has 0 unspecified atom stereocenters. The van der Waals surface area contributed by atoms with Gasteiger partial charge in [0.05, 0.1) is 5.52 Å². The Bertz CT molecular complexity index is 705. The summed E-state index contributed by atoms with van der Waals surface area (Å²) in [4.78, 5) is 26.9. The van der Waals surface area contributed by atoms with Gasteiger partial charge in [0.1, 0.15) is 5.82 Å². The summed E-state index contributed by atoms with van der Waals surface area (Å²) in [6, 6.07) is 8.24. The molecule has 2 aliphatic heterocycles. The summed E-state index contributed by atoms with van der Waals surface area (Å²) >= 11 is 0. The number of aromatic nitrogens is 2. The van der Waals surface area contributed by atoms with E-state index >= 15 is 0 Å². The molecule has 0 radical (unpaired) electrons. The number of carbonyl (C=O) groups excluding carboxylic acids is 1. The van der Waals surface area contributed by atoms with Gasteiger partial charge in [-0.3, -0.25) is 4.79 Å². The number of piperazine rings is 1. The number of fused-ring (bicyclic) bond motifs is 1. The molecule has 1 aromatic carbocycles. The van der Waals surface area contributed by atoms with Gasteiger partial charge < -0.3 is 14.7 Å². The maximum Gasteiger partial charge on any atom is 0.228 e. The molecule has 0 atom stereocenters. The van der Waals surface area contributed by atoms with Gasteiger partial charge in [-0.1, -0.05) is 12.1 Å². The number of hydrogen-bond donors (Lipinski definition) is 0. The standard InChI is InChI=1S/C17H21N5O/c23-13-20-9-11-22(12-10-20)17-18-15-6-2-1-5-14(15)16(19-17)21-7-3-4-8-21/h1-2,5-6,13H,3-4,7-12H2. The third kappa shape index (κ3) is 2.69. The van der Waals surface area contributed by atoms with E-state index in [1.807, 2.05) is 12.1 Å². The highest BCUT2D eigenvalue weighted by molar-refractivity contribution is 5.90. The number of rotatable bonds is 3. The zero-order chi connectivity index (χ0) is 15.6. The van der Waals surface area contributed by atoms with Crippen molar-refractivity contribution < 1.29 is 4.79 Å². The smallest absolute Gasteiger partial charge is 0.228 e. The first-order valence-corrected chi connectivity index (χ1v) is 8.31. The Kier molecular flexibility index (Phi) is 3.73. The average Bonchev–Trinajstić information content (AvgIpc) is 3.15. The third-order valence-corrected chi connectivity index (χ3v) is 4.72. The molecule has 2 aromatic rings. The molecule has 1 amide bonds. The van der Waals surface area contributed by atoms with Gasteiger partial charge in [-0.25, -0.2) is 4.98 Å². The highest BCUT2D eigenvalue weighted by atomic mass is 16.1. The maximum atomic E-state index is 10.9. The lowest BCUT2D eigenvalue weighted by molar-refractivity contribution is -0.118. The van der Waals surface area contributed by atoms with Crippen LogP contribution in [0.3, 0.4) is 0 Å². The summed E-state index contributed by atoms with van der Waals surface area (Å²) in [6.07, 6.45) is 3.38. The number of hydrogen-bond acceptors (Lipinski definition) is 5. The maximum absolute atomic E-state index is 10.9. The van der Waals surface area contributed by atoms with E-state index in [9.17, 15) is 4.79 Å². The van der Waals surface area contributed by atoms with Crippen LogP contribution in [0.4, 0.5) is 11.8 Å². The van der Waals surface area contributed by atoms with E-state index in [2.05, 4.69) is 21.9 Å². The van der Waals surface area contributed by atoms with E-state index in [0.29, 0.717) is 0 Å². The van der Waals surface area contributed by atoms with Gasteiger partial charge in [-0.2, -0.15) is 4.98 Å². The number of para-hydroxylation sites is 1. The third-order valence-electron chi connectivity index (χ3n) is 4.72. The number of benzene rings is 1. The Hall–Kier alpha value is -2.37. The average molecular weight is 311 g/mol. The van der Waals surface area contributed by atoms with E-state index < -0.39 is 0 Å². The van der Waals surface area contributed by atoms with E-state index in [1.54, 1.807) is 4.90 Å². The first-order chi connectivity index (χ1) is 11.3. The predicted molar refractivity (Wildman–Crippen MR) is 90.8 cm³/mol. The summed E-state index contributed by atoms with van der Waals surface area (Å²) < 4.78 is 0. The first-order valence-electron chi connectivity index (χ1n) is 8.31. The fourth-order valence-corrected chi connectivity index (χ4v) is 3.39. The molecule has 23 heavy (non-hydrogen) atoms. The molecule has 1 aromatic heterocycles. The summed E-state index contributed by atoms with van der Waals surface area (Å²) in [6.45, 7) is 5.18. The van der Waals surface area contributed by atoms with Crippen LogP contribution in [0.2, 0.25) is 0 Å². The first kappa shape index (κ1) is 14.2. The highest BCUT2D eigenvalue weighted by Crippen LogP contribution is 2.29. The predicted octanol–water partition coefficient (Wildman–Crippen LogP) is 1.51. The van der Waals surface area contributed by atoms with Crippen molar-refractivity contribution in [3.8, 4) is 0 Å². The zero-order valence-corrected chi connectivity index (χ0v) is 13.2. The molecule has 2 saturated heterocycles. The van der Waals surface area contributed by atoms with Crippen LogP contribution in [0.1, 0.15) is 12.8 Å². The van der Waals surface area contributed by atoms with Crippen LogP contribution >= 0.6 is 0 Å². The molecule has 6 nitrogen and oxygen atoms in total. The van der Waals surface area contributed by atoms with Crippen LogP contribution in [0.5, 0.6) is 0 Å². The molecule has 3 heterocycles.